The van der Waals surface area contributed by atoms with E-state index in [4.69, 9.17) is 21.1 Å². The number of carbonyl (C=O) groups is 2. The monoisotopic (exact) mass is 531 g/mol. The minimum Gasteiger partial charge on any atom is -0.434 e. The second kappa shape index (κ2) is 14.8. The first-order valence-corrected chi connectivity index (χ1v) is 16.3. The van der Waals surface area contributed by atoms with Crippen molar-refractivity contribution in [3.05, 3.63) is 71.8 Å². The van der Waals surface area contributed by atoms with Crippen LogP contribution in [0.5, 0.6) is 0 Å². The molecule has 6 N–H and O–H groups in total. The number of nitrogens with two attached hydrogens (primary N) is 2. The van der Waals surface area contributed by atoms with Crippen LogP contribution in [0.4, 0.5) is 9.59 Å². The fraction of sp³-hybridized carbons (Fsp3) is 0.481. The first kappa shape index (κ1) is 30.5. The van der Waals surface area contributed by atoms with Crippen LogP contribution >= 0.6 is 0 Å². The van der Waals surface area contributed by atoms with E-state index >= 15 is 0 Å². The maximum atomic E-state index is 12.6. The number of benzene rings is 2. The summed E-state index contributed by atoms with van der Waals surface area (Å²) in [7, 11) is -1.43. The first-order chi connectivity index (χ1) is 17.5. The highest BCUT2D eigenvalue weighted by atomic mass is 28.3. The molecule has 0 radical (unpaired) electrons. The maximum Gasteiger partial charge on any atom is 0.517 e. The number of amides is 1. The third kappa shape index (κ3) is 11.4. The van der Waals surface area contributed by atoms with Crippen molar-refractivity contribution >= 4 is 20.3 Å². The average molecular weight is 532 g/mol. The van der Waals surface area contributed by atoms with E-state index in [1.807, 2.05) is 60.7 Å². The van der Waals surface area contributed by atoms with Crippen LogP contribution in [0.1, 0.15) is 24.0 Å². The lowest BCUT2D eigenvalue weighted by molar-refractivity contribution is 0.0172. The van der Waals surface area contributed by atoms with Gasteiger partial charge in [-0.3, -0.25) is 0 Å². The number of rotatable bonds is 13. The second-order valence-electron chi connectivity index (χ2n) is 10.5. The van der Waals surface area contributed by atoms with Gasteiger partial charge in [0.1, 0.15) is 0 Å². The smallest absolute Gasteiger partial charge is 0.434 e. The molecule has 0 bridgehead atoms. The Morgan fingerprint density at radius 1 is 0.892 bits per heavy atom. The molecule has 0 spiro atoms. The van der Waals surface area contributed by atoms with Gasteiger partial charge in [0.05, 0.1) is 24.9 Å². The lowest BCUT2D eigenvalue weighted by Gasteiger charge is -2.31. The Balaban J connectivity index is 1.99. The van der Waals surface area contributed by atoms with Gasteiger partial charge in [-0.2, -0.15) is 0 Å². The predicted molar refractivity (Wildman–Crippen MR) is 145 cm³/mol. The fourth-order valence-corrected chi connectivity index (χ4v) is 4.49. The molecule has 37 heavy (non-hydrogen) atoms. The molecule has 0 aromatic heterocycles. The third-order valence-electron chi connectivity index (χ3n) is 6.11. The molecule has 0 saturated carbocycles. The molecule has 0 saturated heterocycles. The SMILES string of the molecule is C[Si](C)(C)CCOC(=O)OC(=O)N(N)C(Cc1ccccc1)C(O)CCC(O)C(N)Cc1ccccc1. The van der Waals surface area contributed by atoms with Crippen LogP contribution in [0.25, 0.3) is 0 Å². The number of hydrogen-bond acceptors (Lipinski definition) is 8. The standard InChI is InChI=1S/C27H41N3O6Si/c1-37(2,3)17-16-35-27(34)36-26(33)30(29)23(19-21-12-8-5-9-13-21)25(32)15-14-24(31)22(28)18-20-10-6-4-7-11-20/h4-13,22-25,31-32H,14-19,28-29H2,1-3H3. The minimum atomic E-state index is -1.43. The van der Waals surface area contributed by atoms with E-state index in [2.05, 4.69) is 19.6 Å². The van der Waals surface area contributed by atoms with E-state index in [9.17, 15) is 19.8 Å². The highest BCUT2D eigenvalue weighted by Gasteiger charge is 2.31. The van der Waals surface area contributed by atoms with Gasteiger partial charge in [-0.25, -0.2) is 20.4 Å². The number of ether oxygens (including phenoxy) is 2. The molecule has 0 aliphatic heterocycles. The molecule has 2 aromatic rings. The van der Waals surface area contributed by atoms with E-state index in [1.165, 1.54) is 0 Å². The summed E-state index contributed by atoms with van der Waals surface area (Å²) in [6.07, 6.45) is -3.21. The van der Waals surface area contributed by atoms with Crippen molar-refractivity contribution in [1.82, 2.24) is 5.01 Å². The zero-order valence-corrected chi connectivity index (χ0v) is 23.0. The molecule has 0 aliphatic rings. The number of aliphatic hydroxyl groups is 2. The van der Waals surface area contributed by atoms with E-state index in [-0.39, 0.29) is 25.9 Å². The molecular formula is C27H41N3O6Si. The molecule has 204 valence electrons. The Morgan fingerprint density at radius 3 is 1.95 bits per heavy atom. The molecule has 2 rings (SSSR count). The Kier molecular flexibility index (Phi) is 12.2. The topological polar surface area (TPSA) is 148 Å². The molecule has 0 aliphatic carbocycles. The van der Waals surface area contributed by atoms with E-state index in [1.54, 1.807) is 0 Å². The van der Waals surface area contributed by atoms with Crippen molar-refractivity contribution in [2.45, 2.75) is 75.7 Å². The van der Waals surface area contributed by atoms with Crippen molar-refractivity contribution < 1.29 is 29.3 Å². The summed E-state index contributed by atoms with van der Waals surface area (Å²) in [5, 5.41) is 22.3. The molecule has 9 nitrogen and oxygen atoms in total. The third-order valence-corrected chi connectivity index (χ3v) is 7.81. The quantitative estimate of drug-likeness (QED) is 0.0767. The fourth-order valence-electron chi connectivity index (χ4n) is 3.78. The van der Waals surface area contributed by atoms with Crippen LogP contribution < -0.4 is 11.6 Å². The molecule has 2 aromatic carbocycles. The number of aliphatic hydroxyl groups excluding tert-OH is 2. The summed E-state index contributed by atoms with van der Waals surface area (Å²) in [6, 6.07) is 18.1. The van der Waals surface area contributed by atoms with Crippen molar-refractivity contribution in [3.63, 3.8) is 0 Å². The molecule has 1 amide bonds. The number of carbonyl (C=O) groups excluding carboxylic acids is 2. The van der Waals surface area contributed by atoms with Crippen LogP contribution in [0.3, 0.4) is 0 Å². The van der Waals surface area contributed by atoms with Crippen molar-refractivity contribution in [3.8, 4) is 0 Å². The molecule has 4 unspecified atom stereocenters. The highest BCUT2D eigenvalue weighted by molar-refractivity contribution is 6.76. The molecule has 10 heteroatoms. The Hall–Kier alpha value is -2.76. The Morgan fingerprint density at radius 2 is 1.41 bits per heavy atom. The van der Waals surface area contributed by atoms with Crippen LogP contribution in [0.2, 0.25) is 25.7 Å². The summed E-state index contributed by atoms with van der Waals surface area (Å²) >= 11 is 0. The lowest BCUT2D eigenvalue weighted by Crippen LogP contribution is -2.53. The van der Waals surface area contributed by atoms with Crippen LogP contribution in [-0.2, 0) is 22.3 Å². The molecular weight excluding hydrogens is 490 g/mol. The van der Waals surface area contributed by atoms with Crippen LogP contribution in [0, 0.1) is 0 Å². The van der Waals surface area contributed by atoms with E-state index < -0.39 is 44.6 Å². The van der Waals surface area contributed by atoms with Gasteiger partial charge in [-0.05, 0) is 42.9 Å². The van der Waals surface area contributed by atoms with Gasteiger partial charge in [0.25, 0.3) is 0 Å². The highest BCUT2D eigenvalue weighted by Crippen LogP contribution is 2.18. The van der Waals surface area contributed by atoms with Gasteiger partial charge in [0, 0.05) is 14.1 Å². The summed E-state index contributed by atoms with van der Waals surface area (Å²) in [6.45, 7) is 6.56. The zero-order chi connectivity index (χ0) is 27.4. The van der Waals surface area contributed by atoms with E-state index in [0.29, 0.717) is 11.4 Å². The van der Waals surface area contributed by atoms with Gasteiger partial charge < -0.3 is 25.4 Å². The van der Waals surface area contributed by atoms with Gasteiger partial charge in [-0.15, -0.1) is 0 Å². The zero-order valence-electron chi connectivity index (χ0n) is 22.0. The molecule has 4 atom stereocenters. The summed E-state index contributed by atoms with van der Waals surface area (Å²) in [5.41, 5.74) is 8.01. The van der Waals surface area contributed by atoms with Crippen molar-refractivity contribution in [2.24, 2.45) is 11.6 Å². The summed E-state index contributed by atoms with van der Waals surface area (Å²) in [5.74, 6) is 6.04. The normalized spacial score (nSPS) is 14.8. The molecule has 0 heterocycles. The maximum absolute atomic E-state index is 12.6. The predicted octanol–water partition coefficient (Wildman–Crippen LogP) is 3.46. The number of hydrazine groups is 1. The largest absolute Gasteiger partial charge is 0.517 e. The Bertz CT molecular complexity index is 958. The lowest BCUT2D eigenvalue weighted by atomic mass is 9.94. The van der Waals surface area contributed by atoms with Gasteiger partial charge in [0.15, 0.2) is 0 Å². The molecule has 0 fully saturated rings. The minimum absolute atomic E-state index is 0.128. The number of hydrogen-bond donors (Lipinski definition) is 4. The average Bonchev–Trinajstić information content (AvgIpc) is 2.85. The van der Waals surface area contributed by atoms with Gasteiger partial charge >= 0.3 is 12.2 Å². The Labute approximate surface area is 220 Å². The van der Waals surface area contributed by atoms with Crippen LogP contribution in [-0.4, -0.2) is 66.4 Å². The summed E-state index contributed by atoms with van der Waals surface area (Å²) in [4.78, 5) is 24.6. The first-order valence-electron chi connectivity index (χ1n) is 12.6. The summed E-state index contributed by atoms with van der Waals surface area (Å²) < 4.78 is 9.77. The van der Waals surface area contributed by atoms with Crippen molar-refractivity contribution in [2.75, 3.05) is 6.61 Å². The van der Waals surface area contributed by atoms with Crippen molar-refractivity contribution in [1.29, 1.82) is 0 Å². The van der Waals surface area contributed by atoms with E-state index in [0.717, 1.165) is 17.2 Å². The second-order valence-corrected chi connectivity index (χ2v) is 16.1. The number of nitrogens with zero attached hydrogens (tertiary/aromatic N) is 1. The van der Waals surface area contributed by atoms with Gasteiger partial charge in [-0.1, -0.05) is 80.3 Å². The van der Waals surface area contributed by atoms with Gasteiger partial charge in [0.2, 0.25) is 0 Å². The van der Waals surface area contributed by atoms with Crippen LogP contribution in [0.15, 0.2) is 60.7 Å².